The van der Waals surface area contributed by atoms with Gasteiger partial charge in [0.15, 0.2) is 11.5 Å². The summed E-state index contributed by atoms with van der Waals surface area (Å²) in [6, 6.07) is 10.1. The summed E-state index contributed by atoms with van der Waals surface area (Å²) in [6.45, 7) is 1.02. The molecular weight excluding hydrogens is 370 g/mol. The molecule has 1 heterocycles. The van der Waals surface area contributed by atoms with Crippen molar-refractivity contribution < 1.29 is 23.2 Å². The topological polar surface area (TPSA) is 94.3 Å². The van der Waals surface area contributed by atoms with Crippen LogP contribution in [0, 0.1) is 0 Å². The standard InChI is InChI=1S/C18H21N3O5S/c1-24-15-10-13(11-16(25-2)17(15)26-3)21-9-8-20(18(21)22)12-4-6-14(7-5-12)27(19)23/h4-7,10-11H,8-9,19H2,1-3H3. The molecule has 0 aliphatic carbocycles. The van der Waals surface area contributed by atoms with Crippen molar-refractivity contribution in [2.75, 3.05) is 44.2 Å². The van der Waals surface area contributed by atoms with E-state index in [1.807, 2.05) is 0 Å². The number of methoxy groups -OCH3 is 3. The van der Waals surface area contributed by atoms with E-state index in [2.05, 4.69) is 0 Å². The molecule has 0 saturated carbocycles. The Morgan fingerprint density at radius 3 is 1.85 bits per heavy atom. The molecule has 9 heteroatoms. The largest absolute Gasteiger partial charge is 0.493 e. The van der Waals surface area contributed by atoms with Crippen LogP contribution in [0.2, 0.25) is 0 Å². The van der Waals surface area contributed by atoms with Crippen molar-refractivity contribution in [1.82, 2.24) is 0 Å². The lowest BCUT2D eigenvalue weighted by Gasteiger charge is -2.21. The fourth-order valence-electron chi connectivity index (χ4n) is 3.00. The summed E-state index contributed by atoms with van der Waals surface area (Å²) >= 11 is 0. The number of rotatable bonds is 6. The molecule has 1 aliphatic rings. The Labute approximate surface area is 160 Å². The first kappa shape index (κ1) is 19.0. The van der Waals surface area contributed by atoms with E-state index in [-0.39, 0.29) is 6.03 Å². The van der Waals surface area contributed by atoms with Crippen molar-refractivity contribution >= 4 is 28.4 Å². The summed E-state index contributed by atoms with van der Waals surface area (Å²) in [5.41, 5.74) is 1.36. The van der Waals surface area contributed by atoms with Gasteiger partial charge in [-0.25, -0.2) is 14.1 Å². The van der Waals surface area contributed by atoms with Gasteiger partial charge in [0.2, 0.25) is 5.75 Å². The van der Waals surface area contributed by atoms with Gasteiger partial charge in [0, 0.05) is 30.9 Å². The van der Waals surface area contributed by atoms with Crippen molar-refractivity contribution in [3.63, 3.8) is 0 Å². The molecule has 27 heavy (non-hydrogen) atoms. The molecule has 1 saturated heterocycles. The first-order chi connectivity index (χ1) is 13.0. The van der Waals surface area contributed by atoms with Crippen molar-refractivity contribution in [2.24, 2.45) is 5.14 Å². The van der Waals surface area contributed by atoms with Crippen LogP contribution in [0.15, 0.2) is 41.3 Å². The first-order valence-electron chi connectivity index (χ1n) is 8.15. The summed E-state index contributed by atoms with van der Waals surface area (Å²) < 4.78 is 27.4. The Kier molecular flexibility index (Phi) is 5.52. The average Bonchev–Trinajstić information content (AvgIpc) is 3.08. The predicted molar refractivity (Wildman–Crippen MR) is 103 cm³/mol. The second-order valence-electron chi connectivity index (χ2n) is 5.76. The van der Waals surface area contributed by atoms with Crippen LogP contribution in [0.25, 0.3) is 0 Å². The van der Waals surface area contributed by atoms with Gasteiger partial charge in [-0.15, -0.1) is 0 Å². The quantitative estimate of drug-likeness (QED) is 0.814. The van der Waals surface area contributed by atoms with Gasteiger partial charge in [-0.1, -0.05) is 0 Å². The number of hydrogen-bond donors (Lipinski definition) is 1. The lowest BCUT2D eigenvalue weighted by Crippen LogP contribution is -2.31. The first-order valence-corrected chi connectivity index (χ1v) is 9.36. The molecule has 2 N–H and O–H groups in total. The molecule has 0 spiro atoms. The summed E-state index contributed by atoms with van der Waals surface area (Å²) in [6.07, 6.45) is 0. The molecule has 0 radical (unpaired) electrons. The number of hydrogen-bond acceptors (Lipinski definition) is 5. The van der Waals surface area contributed by atoms with E-state index in [9.17, 15) is 9.00 Å². The van der Waals surface area contributed by atoms with Gasteiger partial charge in [-0.2, -0.15) is 0 Å². The Balaban J connectivity index is 1.89. The maximum absolute atomic E-state index is 12.9. The van der Waals surface area contributed by atoms with E-state index in [0.29, 0.717) is 46.6 Å². The molecule has 1 atom stereocenters. The second kappa shape index (κ2) is 7.85. The third-order valence-electron chi connectivity index (χ3n) is 4.35. The SMILES string of the molecule is COc1cc(N2CCN(c3ccc(S(N)=O)cc3)C2=O)cc(OC)c1OC. The molecule has 0 aromatic heterocycles. The summed E-state index contributed by atoms with van der Waals surface area (Å²) in [7, 11) is 3.04. The maximum Gasteiger partial charge on any atom is 0.329 e. The molecular formula is C18H21N3O5S. The van der Waals surface area contributed by atoms with Crippen molar-refractivity contribution in [2.45, 2.75) is 4.90 Å². The summed E-state index contributed by atoms with van der Waals surface area (Å²) in [4.78, 5) is 16.7. The van der Waals surface area contributed by atoms with Crippen molar-refractivity contribution in [3.05, 3.63) is 36.4 Å². The molecule has 144 valence electrons. The highest BCUT2D eigenvalue weighted by atomic mass is 32.2. The second-order valence-corrected chi connectivity index (χ2v) is 6.83. The van der Waals surface area contributed by atoms with E-state index in [4.69, 9.17) is 19.3 Å². The van der Waals surface area contributed by atoms with Gasteiger partial charge >= 0.3 is 6.03 Å². The fraction of sp³-hybridized carbons (Fsp3) is 0.278. The van der Waals surface area contributed by atoms with E-state index >= 15 is 0 Å². The Hall–Kier alpha value is -2.78. The highest BCUT2D eigenvalue weighted by Gasteiger charge is 2.32. The van der Waals surface area contributed by atoms with E-state index in [1.165, 1.54) is 21.3 Å². The van der Waals surface area contributed by atoms with Gasteiger partial charge in [0.05, 0.1) is 31.9 Å². The van der Waals surface area contributed by atoms with Crippen LogP contribution < -0.4 is 29.1 Å². The maximum atomic E-state index is 12.9. The van der Waals surface area contributed by atoms with Crippen LogP contribution >= 0.6 is 0 Å². The van der Waals surface area contributed by atoms with Gasteiger partial charge < -0.3 is 14.2 Å². The lowest BCUT2D eigenvalue weighted by atomic mass is 10.2. The van der Waals surface area contributed by atoms with Crippen LogP contribution in [0.3, 0.4) is 0 Å². The summed E-state index contributed by atoms with van der Waals surface area (Å²) in [5.74, 6) is 1.43. The number of anilines is 2. The molecule has 2 aromatic carbocycles. The van der Waals surface area contributed by atoms with Gasteiger partial charge in [-0.05, 0) is 24.3 Å². The van der Waals surface area contributed by atoms with Crippen LogP contribution in [-0.4, -0.2) is 44.7 Å². The number of nitrogens with two attached hydrogens (primary N) is 1. The number of carbonyl (C=O) groups is 1. The monoisotopic (exact) mass is 391 g/mol. The Bertz CT molecular complexity index is 847. The molecule has 0 bridgehead atoms. The zero-order chi connectivity index (χ0) is 19.6. The summed E-state index contributed by atoms with van der Waals surface area (Å²) in [5, 5.41) is 5.37. The predicted octanol–water partition coefficient (Wildman–Crippen LogP) is 2.14. The van der Waals surface area contributed by atoms with Crippen molar-refractivity contribution in [3.8, 4) is 17.2 Å². The molecule has 2 amide bonds. The molecule has 2 aromatic rings. The third-order valence-corrected chi connectivity index (χ3v) is 5.09. The van der Waals surface area contributed by atoms with Gasteiger partial charge in [0.1, 0.15) is 11.0 Å². The number of benzene rings is 2. The van der Waals surface area contributed by atoms with Crippen LogP contribution in [0.1, 0.15) is 0 Å². The molecule has 3 rings (SSSR count). The number of carbonyl (C=O) groups excluding carboxylic acids is 1. The Morgan fingerprint density at radius 2 is 1.41 bits per heavy atom. The van der Waals surface area contributed by atoms with Gasteiger partial charge in [-0.3, -0.25) is 9.80 Å². The normalized spacial score (nSPS) is 15.0. The smallest absolute Gasteiger partial charge is 0.329 e. The highest BCUT2D eigenvalue weighted by molar-refractivity contribution is 7.82. The lowest BCUT2D eigenvalue weighted by molar-refractivity contribution is 0.256. The minimum atomic E-state index is -1.55. The number of ether oxygens (including phenoxy) is 3. The highest BCUT2D eigenvalue weighted by Crippen LogP contribution is 2.41. The van der Waals surface area contributed by atoms with E-state index in [1.54, 1.807) is 46.2 Å². The minimum Gasteiger partial charge on any atom is -0.493 e. The third kappa shape index (κ3) is 3.56. The number of urea groups is 1. The zero-order valence-corrected chi connectivity index (χ0v) is 16.1. The fourth-order valence-corrected chi connectivity index (χ4v) is 3.40. The van der Waals surface area contributed by atoms with E-state index in [0.717, 1.165) is 0 Å². The molecule has 1 aliphatic heterocycles. The van der Waals surface area contributed by atoms with Crippen molar-refractivity contribution in [1.29, 1.82) is 0 Å². The van der Waals surface area contributed by atoms with E-state index < -0.39 is 11.0 Å². The van der Waals surface area contributed by atoms with Crippen LogP contribution in [-0.2, 0) is 11.0 Å². The van der Waals surface area contributed by atoms with Crippen LogP contribution in [0.5, 0.6) is 17.2 Å². The zero-order valence-electron chi connectivity index (χ0n) is 15.3. The van der Waals surface area contributed by atoms with Crippen LogP contribution in [0.4, 0.5) is 16.2 Å². The number of amides is 2. The molecule has 1 unspecified atom stereocenters. The minimum absolute atomic E-state index is 0.175. The molecule has 1 fully saturated rings. The average molecular weight is 391 g/mol. The number of nitrogens with zero attached hydrogens (tertiary/aromatic N) is 2. The van der Waals surface area contributed by atoms with Gasteiger partial charge in [0.25, 0.3) is 0 Å². The Morgan fingerprint density at radius 1 is 0.889 bits per heavy atom. The molecule has 8 nitrogen and oxygen atoms in total.